The third-order valence-corrected chi connectivity index (χ3v) is 3.57. The molecule has 1 aliphatic heterocycles. The molecular formula is C17H18N2O2. The minimum Gasteiger partial charge on any atom is -0.489 e. The van der Waals surface area contributed by atoms with Crippen molar-refractivity contribution in [3.63, 3.8) is 0 Å². The number of carbonyl (C=O) groups excluding carboxylic acids is 1. The van der Waals surface area contributed by atoms with E-state index in [4.69, 9.17) is 4.74 Å². The molecule has 2 aromatic carbocycles. The highest BCUT2D eigenvalue weighted by molar-refractivity contribution is 5.99. The summed E-state index contributed by atoms with van der Waals surface area (Å²) in [4.78, 5) is 12.5. The first-order valence-electron chi connectivity index (χ1n) is 7.11. The third-order valence-electron chi connectivity index (χ3n) is 3.57. The van der Waals surface area contributed by atoms with Crippen molar-refractivity contribution < 1.29 is 9.53 Å². The van der Waals surface area contributed by atoms with Gasteiger partial charge in [0.2, 0.25) is 0 Å². The van der Waals surface area contributed by atoms with Crippen LogP contribution in [0.25, 0.3) is 0 Å². The van der Waals surface area contributed by atoms with Crippen molar-refractivity contribution in [2.45, 2.75) is 13.0 Å². The molecule has 21 heavy (non-hydrogen) atoms. The zero-order valence-electron chi connectivity index (χ0n) is 11.9. The van der Waals surface area contributed by atoms with Crippen LogP contribution in [0.15, 0.2) is 48.5 Å². The molecule has 4 heteroatoms. The maximum Gasteiger partial charge on any atom is 0.255 e. The number of rotatable bonds is 3. The molecule has 4 nitrogen and oxygen atoms in total. The van der Waals surface area contributed by atoms with E-state index in [0.29, 0.717) is 17.9 Å². The number of hydrogen-bond acceptors (Lipinski definition) is 3. The van der Waals surface area contributed by atoms with Gasteiger partial charge in [-0.2, -0.15) is 0 Å². The maximum atomic E-state index is 12.5. The van der Waals surface area contributed by atoms with E-state index in [9.17, 15) is 4.79 Å². The largest absolute Gasteiger partial charge is 0.489 e. The Morgan fingerprint density at radius 3 is 2.81 bits per heavy atom. The fourth-order valence-electron chi connectivity index (χ4n) is 2.45. The fourth-order valence-corrected chi connectivity index (χ4v) is 2.45. The lowest BCUT2D eigenvalue weighted by molar-refractivity contribution is 0.0935. The van der Waals surface area contributed by atoms with E-state index < -0.39 is 0 Å². The lowest BCUT2D eigenvalue weighted by Crippen LogP contribution is -2.28. The van der Waals surface area contributed by atoms with Gasteiger partial charge in [-0.15, -0.1) is 0 Å². The number of ether oxygens (including phenoxy) is 1. The SMILES string of the molecule is CC(NC(=O)c1cccc2c1OCCN2)c1ccccc1. The highest BCUT2D eigenvalue weighted by atomic mass is 16.5. The average Bonchev–Trinajstić information content (AvgIpc) is 2.55. The van der Waals surface area contributed by atoms with Gasteiger partial charge in [0, 0.05) is 6.54 Å². The van der Waals surface area contributed by atoms with Crippen LogP contribution in [-0.2, 0) is 0 Å². The standard InChI is InChI=1S/C17H18N2O2/c1-12(13-6-3-2-4-7-13)19-17(20)14-8-5-9-15-16(14)21-11-10-18-15/h2-9,12,18H,10-11H2,1H3,(H,19,20). The van der Waals surface area contributed by atoms with Gasteiger partial charge >= 0.3 is 0 Å². The van der Waals surface area contributed by atoms with Gasteiger partial charge in [0.05, 0.1) is 17.3 Å². The summed E-state index contributed by atoms with van der Waals surface area (Å²) in [5, 5.41) is 6.25. The van der Waals surface area contributed by atoms with E-state index in [1.807, 2.05) is 49.4 Å². The second-order valence-corrected chi connectivity index (χ2v) is 5.06. The smallest absolute Gasteiger partial charge is 0.255 e. The zero-order valence-corrected chi connectivity index (χ0v) is 11.9. The molecule has 0 spiro atoms. The molecule has 0 saturated carbocycles. The first kappa shape index (κ1) is 13.5. The van der Waals surface area contributed by atoms with Gasteiger partial charge in [-0.25, -0.2) is 0 Å². The van der Waals surface area contributed by atoms with Crippen molar-refractivity contribution in [3.8, 4) is 5.75 Å². The Kier molecular flexibility index (Phi) is 3.77. The topological polar surface area (TPSA) is 50.4 Å². The number of amides is 1. The molecule has 108 valence electrons. The average molecular weight is 282 g/mol. The van der Waals surface area contributed by atoms with E-state index in [2.05, 4.69) is 10.6 Å². The van der Waals surface area contributed by atoms with Crippen molar-refractivity contribution in [3.05, 3.63) is 59.7 Å². The number of carbonyl (C=O) groups is 1. The van der Waals surface area contributed by atoms with Crippen molar-refractivity contribution in [2.75, 3.05) is 18.5 Å². The molecule has 0 radical (unpaired) electrons. The molecule has 1 aliphatic rings. The minimum atomic E-state index is -0.119. The molecule has 1 atom stereocenters. The quantitative estimate of drug-likeness (QED) is 0.910. The van der Waals surface area contributed by atoms with E-state index in [1.54, 1.807) is 6.07 Å². The van der Waals surface area contributed by atoms with Crippen molar-refractivity contribution in [1.82, 2.24) is 5.32 Å². The van der Waals surface area contributed by atoms with Crippen LogP contribution in [0.3, 0.4) is 0 Å². The molecule has 2 N–H and O–H groups in total. The number of fused-ring (bicyclic) bond motifs is 1. The van der Waals surface area contributed by atoms with Gasteiger partial charge in [-0.05, 0) is 24.6 Å². The van der Waals surface area contributed by atoms with Gasteiger partial charge in [0.1, 0.15) is 6.61 Å². The van der Waals surface area contributed by atoms with Crippen LogP contribution in [0, 0.1) is 0 Å². The highest BCUT2D eigenvalue weighted by Crippen LogP contribution is 2.31. The fraction of sp³-hybridized carbons (Fsp3) is 0.235. The lowest BCUT2D eigenvalue weighted by atomic mass is 10.1. The Hall–Kier alpha value is -2.49. The number of hydrogen-bond donors (Lipinski definition) is 2. The van der Waals surface area contributed by atoms with Crippen LogP contribution in [0.5, 0.6) is 5.75 Å². The molecule has 0 bridgehead atoms. The molecule has 0 aliphatic carbocycles. The Balaban J connectivity index is 1.80. The van der Waals surface area contributed by atoms with Crippen molar-refractivity contribution in [2.24, 2.45) is 0 Å². The van der Waals surface area contributed by atoms with Gasteiger partial charge in [0.15, 0.2) is 5.75 Å². The number of anilines is 1. The first-order chi connectivity index (χ1) is 10.3. The number of benzene rings is 2. The summed E-state index contributed by atoms with van der Waals surface area (Å²) in [5.41, 5.74) is 2.53. The van der Waals surface area contributed by atoms with Crippen LogP contribution < -0.4 is 15.4 Å². The van der Waals surface area contributed by atoms with Crippen LogP contribution in [0.2, 0.25) is 0 Å². The summed E-state index contributed by atoms with van der Waals surface area (Å²) in [6.07, 6.45) is 0. The summed E-state index contributed by atoms with van der Waals surface area (Å²) in [6.45, 7) is 3.31. The van der Waals surface area contributed by atoms with Crippen molar-refractivity contribution in [1.29, 1.82) is 0 Å². The molecule has 2 aromatic rings. The molecule has 0 saturated heterocycles. The Morgan fingerprint density at radius 1 is 1.19 bits per heavy atom. The Labute approximate surface area is 124 Å². The Bertz CT molecular complexity index is 640. The molecule has 1 unspecified atom stereocenters. The van der Waals surface area contributed by atoms with E-state index in [1.165, 1.54) is 0 Å². The normalized spacial score (nSPS) is 14.3. The van der Waals surface area contributed by atoms with Crippen LogP contribution >= 0.6 is 0 Å². The summed E-state index contributed by atoms with van der Waals surface area (Å²) in [5.74, 6) is 0.522. The Morgan fingerprint density at radius 2 is 2.00 bits per heavy atom. The van der Waals surface area contributed by atoms with Gasteiger partial charge in [-0.3, -0.25) is 4.79 Å². The second kappa shape index (κ2) is 5.87. The van der Waals surface area contributed by atoms with Crippen LogP contribution in [-0.4, -0.2) is 19.1 Å². The summed E-state index contributed by atoms with van der Waals surface area (Å²) in [6, 6.07) is 15.4. The van der Waals surface area contributed by atoms with E-state index in [0.717, 1.165) is 17.8 Å². The van der Waals surface area contributed by atoms with E-state index in [-0.39, 0.29) is 11.9 Å². The predicted octanol–water partition coefficient (Wildman–Crippen LogP) is 2.98. The second-order valence-electron chi connectivity index (χ2n) is 5.06. The molecular weight excluding hydrogens is 264 g/mol. The summed E-state index contributed by atoms with van der Waals surface area (Å²) < 4.78 is 5.64. The predicted molar refractivity (Wildman–Crippen MR) is 82.7 cm³/mol. The highest BCUT2D eigenvalue weighted by Gasteiger charge is 2.20. The van der Waals surface area contributed by atoms with Gasteiger partial charge in [0.25, 0.3) is 5.91 Å². The van der Waals surface area contributed by atoms with Crippen molar-refractivity contribution >= 4 is 11.6 Å². The number of para-hydroxylation sites is 1. The lowest BCUT2D eigenvalue weighted by Gasteiger charge is -2.22. The third kappa shape index (κ3) is 2.84. The zero-order chi connectivity index (χ0) is 14.7. The summed E-state index contributed by atoms with van der Waals surface area (Å²) in [7, 11) is 0. The van der Waals surface area contributed by atoms with E-state index >= 15 is 0 Å². The van der Waals surface area contributed by atoms with Crippen LogP contribution in [0.4, 0.5) is 5.69 Å². The molecule has 0 aromatic heterocycles. The van der Waals surface area contributed by atoms with Gasteiger partial charge < -0.3 is 15.4 Å². The molecule has 0 fully saturated rings. The summed E-state index contributed by atoms with van der Waals surface area (Å²) >= 11 is 0. The van der Waals surface area contributed by atoms with Crippen LogP contribution in [0.1, 0.15) is 28.9 Å². The molecule has 1 amide bonds. The number of nitrogens with one attached hydrogen (secondary N) is 2. The molecule has 1 heterocycles. The van der Waals surface area contributed by atoms with Gasteiger partial charge in [-0.1, -0.05) is 36.4 Å². The first-order valence-corrected chi connectivity index (χ1v) is 7.11. The monoisotopic (exact) mass is 282 g/mol. The minimum absolute atomic E-state index is 0.0499. The maximum absolute atomic E-state index is 12.5. The molecule has 3 rings (SSSR count).